The molecule has 1 aliphatic rings. The van der Waals surface area contributed by atoms with Gasteiger partial charge in [-0.25, -0.2) is 0 Å². The van der Waals surface area contributed by atoms with E-state index in [2.05, 4.69) is 17.6 Å². The molecule has 3 nitrogen and oxygen atoms in total. The Morgan fingerprint density at radius 3 is 2.35 bits per heavy atom. The summed E-state index contributed by atoms with van der Waals surface area (Å²) in [5, 5.41) is 0. The first-order valence-electron chi connectivity index (χ1n) is 6.86. The van der Waals surface area contributed by atoms with E-state index < -0.39 is 0 Å². The molecule has 1 aromatic heterocycles. The maximum atomic E-state index is 6.05. The van der Waals surface area contributed by atoms with Gasteiger partial charge in [-0.3, -0.25) is 4.98 Å². The molecule has 0 unspecified atom stereocenters. The van der Waals surface area contributed by atoms with Crippen molar-refractivity contribution in [1.82, 2.24) is 4.98 Å². The van der Waals surface area contributed by atoms with Gasteiger partial charge in [0.2, 0.25) is 0 Å². The number of aryl methyl sites for hydroxylation is 1. The largest absolute Gasteiger partial charge is 0.491 e. The molecule has 1 aliphatic heterocycles. The van der Waals surface area contributed by atoms with Crippen LogP contribution in [-0.2, 0) is 9.31 Å². The van der Waals surface area contributed by atoms with E-state index in [1.54, 1.807) is 0 Å². The average Bonchev–Trinajstić information content (AvgIpc) is 2.55. The molecule has 1 fully saturated rings. The summed E-state index contributed by atoms with van der Waals surface area (Å²) in [7, 11) is -0.361. The van der Waals surface area contributed by atoms with Crippen LogP contribution in [0, 0.1) is 6.92 Å². The molecule has 2 heterocycles. The van der Waals surface area contributed by atoms with Crippen LogP contribution in [0.25, 0.3) is 6.08 Å². The number of rotatable bonds is 3. The topological polar surface area (TPSA) is 31.4 Å². The molecule has 108 valence electrons. The maximum absolute atomic E-state index is 6.05. The Morgan fingerprint density at radius 1 is 1.25 bits per heavy atom. The third-order valence-corrected chi connectivity index (χ3v) is 4.35. The highest BCUT2D eigenvalue weighted by Crippen LogP contribution is 2.38. The second-order valence-corrected chi connectivity index (χ2v) is 6.49. The van der Waals surface area contributed by atoms with Gasteiger partial charge in [0.05, 0.1) is 16.9 Å². The van der Waals surface area contributed by atoms with Crippen molar-refractivity contribution in [3.05, 3.63) is 35.1 Å². The Labute approximate surface area is 127 Å². The fourth-order valence-electron chi connectivity index (χ4n) is 2.02. The monoisotopic (exact) mass is 291 g/mol. The molecule has 2 rings (SSSR count). The van der Waals surface area contributed by atoms with Gasteiger partial charge in [0, 0.05) is 11.4 Å². The van der Waals surface area contributed by atoms with Crippen molar-refractivity contribution in [2.45, 2.75) is 45.8 Å². The Bertz CT molecular complexity index is 512. The van der Waals surface area contributed by atoms with Crippen LogP contribution < -0.4 is 0 Å². The summed E-state index contributed by atoms with van der Waals surface area (Å²) in [6.45, 7) is 10.2. The van der Waals surface area contributed by atoms with Crippen LogP contribution in [0.5, 0.6) is 0 Å². The van der Waals surface area contributed by atoms with Gasteiger partial charge in [0.25, 0.3) is 0 Å². The Morgan fingerprint density at radius 2 is 1.85 bits per heavy atom. The van der Waals surface area contributed by atoms with Gasteiger partial charge in [-0.15, -0.1) is 0 Å². The SMILES string of the molecule is Cc1cccc(C=C(CS)B2OC(C)(C)C(C)(C)O2)n1. The van der Waals surface area contributed by atoms with E-state index in [0.717, 1.165) is 16.9 Å². The lowest BCUT2D eigenvalue weighted by molar-refractivity contribution is 0.00578. The van der Waals surface area contributed by atoms with Crippen LogP contribution in [0.2, 0.25) is 0 Å². The molecule has 0 spiro atoms. The van der Waals surface area contributed by atoms with Crippen LogP contribution in [0.4, 0.5) is 0 Å². The molecule has 0 aromatic carbocycles. The molecule has 1 aromatic rings. The smallest absolute Gasteiger partial charge is 0.400 e. The summed E-state index contributed by atoms with van der Waals surface area (Å²) in [5.41, 5.74) is 2.22. The zero-order chi connectivity index (χ0) is 15.0. The molecule has 0 amide bonds. The molecule has 0 N–H and O–H groups in total. The molecule has 0 bridgehead atoms. The summed E-state index contributed by atoms with van der Waals surface area (Å²) >= 11 is 4.40. The van der Waals surface area contributed by atoms with Gasteiger partial charge in [0.15, 0.2) is 0 Å². The first-order chi connectivity index (χ1) is 9.25. The molecule has 20 heavy (non-hydrogen) atoms. The van der Waals surface area contributed by atoms with Gasteiger partial charge < -0.3 is 9.31 Å². The van der Waals surface area contributed by atoms with E-state index in [-0.39, 0.29) is 18.3 Å². The van der Waals surface area contributed by atoms with E-state index >= 15 is 0 Å². The molecule has 0 atom stereocenters. The predicted molar refractivity (Wildman–Crippen MR) is 86.9 cm³/mol. The first kappa shape index (κ1) is 15.6. The minimum absolute atomic E-state index is 0.334. The summed E-state index contributed by atoms with van der Waals surface area (Å²) < 4.78 is 12.1. The molecule has 0 radical (unpaired) electrons. The number of aromatic nitrogens is 1. The summed E-state index contributed by atoms with van der Waals surface area (Å²) in [6.07, 6.45) is 2.00. The van der Waals surface area contributed by atoms with E-state index in [1.165, 1.54) is 0 Å². The van der Waals surface area contributed by atoms with Gasteiger partial charge in [0.1, 0.15) is 0 Å². The van der Waals surface area contributed by atoms with Gasteiger partial charge in [-0.05, 0) is 58.3 Å². The van der Waals surface area contributed by atoms with Crippen LogP contribution in [0.3, 0.4) is 0 Å². The van der Waals surface area contributed by atoms with Crippen LogP contribution in [0.15, 0.2) is 23.7 Å². The Kier molecular flexibility index (Phi) is 4.33. The zero-order valence-corrected chi connectivity index (χ0v) is 13.7. The highest BCUT2D eigenvalue weighted by Gasteiger charge is 2.52. The molecular formula is C15H22BNO2S. The number of nitrogens with zero attached hydrogens (tertiary/aromatic N) is 1. The Hall–Kier alpha value is -0.775. The van der Waals surface area contributed by atoms with Crippen molar-refractivity contribution in [2.24, 2.45) is 0 Å². The fourth-order valence-corrected chi connectivity index (χ4v) is 2.26. The maximum Gasteiger partial charge on any atom is 0.491 e. The second kappa shape index (κ2) is 5.55. The Balaban J connectivity index is 2.26. The van der Waals surface area contributed by atoms with Crippen molar-refractivity contribution < 1.29 is 9.31 Å². The van der Waals surface area contributed by atoms with Crippen LogP contribution in [0.1, 0.15) is 39.1 Å². The highest BCUT2D eigenvalue weighted by molar-refractivity contribution is 7.80. The molecule has 5 heteroatoms. The summed E-state index contributed by atoms with van der Waals surface area (Å²) in [5.74, 6) is 0.576. The molecule has 0 saturated carbocycles. The second-order valence-electron chi connectivity index (χ2n) is 6.17. The summed E-state index contributed by atoms with van der Waals surface area (Å²) in [4.78, 5) is 4.48. The first-order valence-corrected chi connectivity index (χ1v) is 7.49. The minimum Gasteiger partial charge on any atom is -0.400 e. The van der Waals surface area contributed by atoms with Crippen molar-refractivity contribution in [1.29, 1.82) is 0 Å². The molecule has 0 aliphatic carbocycles. The van der Waals surface area contributed by atoms with E-state index in [9.17, 15) is 0 Å². The van der Waals surface area contributed by atoms with Gasteiger partial charge >= 0.3 is 7.12 Å². The lowest BCUT2D eigenvalue weighted by Crippen LogP contribution is -2.41. The quantitative estimate of drug-likeness (QED) is 0.684. The van der Waals surface area contributed by atoms with Crippen LogP contribution >= 0.6 is 12.6 Å². The minimum atomic E-state index is -0.361. The average molecular weight is 291 g/mol. The van der Waals surface area contributed by atoms with Crippen molar-refractivity contribution in [3.63, 3.8) is 0 Å². The fraction of sp³-hybridized carbons (Fsp3) is 0.533. The van der Waals surface area contributed by atoms with Crippen molar-refractivity contribution in [2.75, 3.05) is 5.75 Å². The number of hydrogen-bond acceptors (Lipinski definition) is 4. The number of thiol groups is 1. The lowest BCUT2D eigenvalue weighted by Gasteiger charge is -2.32. The summed E-state index contributed by atoms with van der Waals surface area (Å²) in [6, 6.07) is 5.95. The van der Waals surface area contributed by atoms with Crippen molar-refractivity contribution in [3.8, 4) is 0 Å². The van der Waals surface area contributed by atoms with Gasteiger partial charge in [-0.1, -0.05) is 6.07 Å². The predicted octanol–water partition coefficient (Wildman–Crippen LogP) is 3.33. The van der Waals surface area contributed by atoms with Gasteiger partial charge in [-0.2, -0.15) is 12.6 Å². The van der Waals surface area contributed by atoms with Crippen LogP contribution in [-0.4, -0.2) is 29.1 Å². The molecule has 1 saturated heterocycles. The van der Waals surface area contributed by atoms with E-state index in [0.29, 0.717) is 5.75 Å². The van der Waals surface area contributed by atoms with E-state index in [1.807, 2.05) is 58.9 Å². The number of pyridine rings is 1. The molecular weight excluding hydrogens is 269 g/mol. The lowest BCUT2D eigenvalue weighted by atomic mass is 9.78. The third kappa shape index (κ3) is 3.10. The van der Waals surface area contributed by atoms with E-state index in [4.69, 9.17) is 9.31 Å². The third-order valence-electron chi connectivity index (χ3n) is 3.98. The number of hydrogen-bond donors (Lipinski definition) is 1. The highest BCUT2D eigenvalue weighted by atomic mass is 32.1. The zero-order valence-electron chi connectivity index (χ0n) is 12.8. The standard InChI is InChI=1S/C15H22BNO2S/c1-11-7-6-8-13(17-11)9-12(10-20)16-18-14(2,3)15(4,5)19-16/h6-9,20H,10H2,1-5H3. The normalized spacial score (nSPS) is 21.3. The van der Waals surface area contributed by atoms with Crippen molar-refractivity contribution >= 4 is 25.8 Å².